The summed E-state index contributed by atoms with van der Waals surface area (Å²) in [5.41, 5.74) is 2.19. The summed E-state index contributed by atoms with van der Waals surface area (Å²) in [6, 6.07) is 8.49. The number of nitrogens with one attached hydrogen (secondary N) is 2. The largest absolute Gasteiger partial charge is 0.416 e. The highest BCUT2D eigenvalue weighted by molar-refractivity contribution is 6.07. The highest BCUT2D eigenvalue weighted by Gasteiger charge is 2.38. The van der Waals surface area contributed by atoms with Crippen LogP contribution in [0.4, 0.5) is 18.9 Å². The zero-order chi connectivity index (χ0) is 18.0. The van der Waals surface area contributed by atoms with E-state index in [-0.39, 0.29) is 5.91 Å². The van der Waals surface area contributed by atoms with E-state index in [9.17, 15) is 18.0 Å². The number of aromatic amines is 1. The summed E-state index contributed by atoms with van der Waals surface area (Å²) < 4.78 is 38.0. The van der Waals surface area contributed by atoms with Crippen molar-refractivity contribution in [1.82, 2.24) is 9.97 Å². The molecule has 0 aliphatic carbocycles. The van der Waals surface area contributed by atoms with Crippen LogP contribution >= 0.6 is 0 Å². The Balaban J connectivity index is 1.77. The van der Waals surface area contributed by atoms with Crippen LogP contribution in [0.5, 0.6) is 0 Å². The second kappa shape index (κ2) is 4.84. The van der Waals surface area contributed by atoms with Crippen molar-refractivity contribution in [2.24, 2.45) is 0 Å². The van der Waals surface area contributed by atoms with Crippen LogP contribution in [-0.4, -0.2) is 15.9 Å². The molecule has 0 fully saturated rings. The van der Waals surface area contributed by atoms with Gasteiger partial charge in [0.2, 0.25) is 5.91 Å². The predicted octanol–water partition coefficient (Wildman–Crippen LogP) is 4.48. The highest BCUT2D eigenvalue weighted by atomic mass is 19.4. The van der Waals surface area contributed by atoms with Gasteiger partial charge in [-0.25, -0.2) is 4.98 Å². The highest BCUT2D eigenvalue weighted by Crippen LogP contribution is 2.39. The second-order valence-electron chi connectivity index (χ2n) is 6.65. The fraction of sp³-hybridized carbons (Fsp3) is 0.222. The van der Waals surface area contributed by atoms with Crippen molar-refractivity contribution in [2.75, 3.05) is 5.32 Å². The van der Waals surface area contributed by atoms with Gasteiger partial charge >= 0.3 is 6.18 Å². The van der Waals surface area contributed by atoms with Gasteiger partial charge in [0.1, 0.15) is 5.82 Å². The van der Waals surface area contributed by atoms with Crippen LogP contribution in [0.15, 0.2) is 36.4 Å². The maximum absolute atomic E-state index is 12.7. The number of halogens is 3. The fourth-order valence-electron chi connectivity index (χ4n) is 3.03. The summed E-state index contributed by atoms with van der Waals surface area (Å²) in [6.45, 7) is 3.67. The summed E-state index contributed by atoms with van der Waals surface area (Å²) in [7, 11) is 0. The number of nitrogens with zero attached hydrogens (tertiary/aromatic N) is 1. The molecule has 7 heteroatoms. The number of aromatic nitrogens is 2. The molecule has 0 spiro atoms. The van der Waals surface area contributed by atoms with Crippen molar-refractivity contribution >= 4 is 22.6 Å². The number of rotatable bonds is 1. The first kappa shape index (κ1) is 15.7. The first-order chi connectivity index (χ1) is 11.7. The Hall–Kier alpha value is -2.83. The molecule has 128 valence electrons. The lowest BCUT2D eigenvalue weighted by atomic mass is 9.86. The lowest BCUT2D eigenvalue weighted by Gasteiger charge is -2.14. The molecule has 0 bridgehead atoms. The van der Waals surface area contributed by atoms with Crippen molar-refractivity contribution < 1.29 is 18.0 Å². The smallest absolute Gasteiger partial charge is 0.338 e. The summed E-state index contributed by atoms with van der Waals surface area (Å²) in [4.78, 5) is 19.6. The third-order valence-corrected chi connectivity index (χ3v) is 4.60. The molecule has 1 aromatic heterocycles. The van der Waals surface area contributed by atoms with Crippen LogP contribution in [0.25, 0.3) is 22.4 Å². The SMILES string of the molecule is CC1(C)C(=O)Nc2cc3[nH]c(-c4ccc(C(F)(F)F)cc4)nc3cc21. The standard InChI is InChI=1S/C18H14F3N3O/c1-17(2)11-7-13-14(8-12(11)24-16(17)25)23-15(22-13)9-3-5-10(6-4-9)18(19,20)21/h3-8H,1-2H3,(H,22,23)(H,24,25). The summed E-state index contributed by atoms with van der Waals surface area (Å²) in [5, 5.41) is 2.84. The number of carbonyl (C=O) groups excluding carboxylic acids is 1. The lowest BCUT2D eigenvalue weighted by Crippen LogP contribution is -2.26. The van der Waals surface area contributed by atoms with E-state index in [1.54, 1.807) is 6.07 Å². The molecule has 2 aromatic carbocycles. The number of alkyl halides is 3. The van der Waals surface area contributed by atoms with Crippen molar-refractivity contribution in [2.45, 2.75) is 25.4 Å². The average Bonchev–Trinajstić information content (AvgIpc) is 3.04. The maximum atomic E-state index is 12.7. The molecule has 4 rings (SSSR count). The Morgan fingerprint density at radius 3 is 2.40 bits per heavy atom. The summed E-state index contributed by atoms with van der Waals surface area (Å²) >= 11 is 0. The second-order valence-corrected chi connectivity index (χ2v) is 6.65. The van der Waals surface area contributed by atoms with Gasteiger partial charge in [0, 0.05) is 11.3 Å². The quantitative estimate of drug-likeness (QED) is 0.683. The van der Waals surface area contributed by atoms with Crippen molar-refractivity contribution in [3.8, 4) is 11.4 Å². The number of H-pyrrole nitrogens is 1. The molecule has 1 aliphatic rings. The van der Waals surface area contributed by atoms with E-state index < -0.39 is 17.2 Å². The molecule has 0 unspecified atom stereocenters. The molecule has 0 saturated carbocycles. The molecule has 1 amide bonds. The van der Waals surface area contributed by atoms with Gasteiger partial charge in [-0.05, 0) is 43.7 Å². The third kappa shape index (κ3) is 2.38. The minimum absolute atomic E-state index is 0.0712. The van der Waals surface area contributed by atoms with Gasteiger partial charge in [0.05, 0.1) is 22.0 Å². The van der Waals surface area contributed by atoms with Crippen molar-refractivity contribution in [1.29, 1.82) is 0 Å². The summed E-state index contributed by atoms with van der Waals surface area (Å²) in [6.07, 6.45) is -4.36. The number of benzene rings is 2. The Bertz CT molecular complexity index is 1000. The van der Waals surface area contributed by atoms with Gasteiger partial charge < -0.3 is 10.3 Å². The van der Waals surface area contributed by atoms with Gasteiger partial charge in [0.25, 0.3) is 0 Å². The van der Waals surface area contributed by atoms with E-state index >= 15 is 0 Å². The van der Waals surface area contributed by atoms with Gasteiger partial charge in [-0.15, -0.1) is 0 Å². The zero-order valence-electron chi connectivity index (χ0n) is 13.5. The van der Waals surface area contributed by atoms with E-state index in [2.05, 4.69) is 15.3 Å². The van der Waals surface area contributed by atoms with Crippen LogP contribution in [0.3, 0.4) is 0 Å². The number of fused-ring (bicyclic) bond motifs is 2. The Kier molecular flexibility index (Phi) is 3.04. The van der Waals surface area contributed by atoms with Gasteiger partial charge in [-0.3, -0.25) is 4.79 Å². The lowest BCUT2D eigenvalue weighted by molar-refractivity contribution is -0.137. The van der Waals surface area contributed by atoms with Crippen LogP contribution in [0, 0.1) is 0 Å². The molecule has 25 heavy (non-hydrogen) atoms. The molecule has 3 aromatic rings. The molecule has 2 N–H and O–H groups in total. The number of amides is 1. The first-order valence-electron chi connectivity index (χ1n) is 7.69. The predicted molar refractivity (Wildman–Crippen MR) is 88.2 cm³/mol. The molecule has 4 nitrogen and oxygen atoms in total. The Morgan fingerprint density at radius 2 is 1.76 bits per heavy atom. The molecule has 0 atom stereocenters. The number of anilines is 1. The monoisotopic (exact) mass is 345 g/mol. The van der Waals surface area contributed by atoms with Gasteiger partial charge in [0.15, 0.2) is 0 Å². The molecule has 0 saturated heterocycles. The van der Waals surface area contributed by atoms with E-state index in [1.165, 1.54) is 12.1 Å². The minimum Gasteiger partial charge on any atom is -0.338 e. The third-order valence-electron chi connectivity index (χ3n) is 4.60. The minimum atomic E-state index is -4.36. The number of carbonyl (C=O) groups is 1. The van der Waals surface area contributed by atoms with E-state index in [4.69, 9.17) is 0 Å². The number of imidazole rings is 1. The van der Waals surface area contributed by atoms with Crippen LogP contribution in [0.2, 0.25) is 0 Å². The molecule has 2 heterocycles. The van der Waals surface area contributed by atoms with Crippen molar-refractivity contribution in [3.05, 3.63) is 47.5 Å². The maximum Gasteiger partial charge on any atom is 0.416 e. The van der Waals surface area contributed by atoms with Crippen LogP contribution in [0.1, 0.15) is 25.0 Å². The van der Waals surface area contributed by atoms with Crippen molar-refractivity contribution in [3.63, 3.8) is 0 Å². The first-order valence-corrected chi connectivity index (χ1v) is 7.69. The van der Waals surface area contributed by atoms with Crippen LogP contribution in [-0.2, 0) is 16.4 Å². The summed E-state index contributed by atoms with van der Waals surface area (Å²) in [5.74, 6) is 0.412. The topological polar surface area (TPSA) is 57.8 Å². The Labute approximate surface area is 141 Å². The molecule has 1 aliphatic heterocycles. The average molecular weight is 345 g/mol. The normalized spacial score (nSPS) is 16.1. The van der Waals surface area contributed by atoms with E-state index in [1.807, 2.05) is 19.9 Å². The van der Waals surface area contributed by atoms with Gasteiger partial charge in [-0.2, -0.15) is 13.2 Å². The number of hydrogen-bond donors (Lipinski definition) is 2. The molecular weight excluding hydrogens is 331 g/mol. The fourth-order valence-corrected chi connectivity index (χ4v) is 3.03. The molecule has 0 radical (unpaired) electrons. The molecular formula is C18H14F3N3O. The van der Waals surface area contributed by atoms with Crippen LogP contribution < -0.4 is 5.32 Å². The Morgan fingerprint density at radius 1 is 1.08 bits per heavy atom. The van der Waals surface area contributed by atoms with E-state index in [0.29, 0.717) is 22.4 Å². The number of hydrogen-bond acceptors (Lipinski definition) is 2. The van der Waals surface area contributed by atoms with Gasteiger partial charge in [-0.1, -0.05) is 12.1 Å². The zero-order valence-corrected chi connectivity index (χ0v) is 13.5. The van der Waals surface area contributed by atoms with E-state index in [0.717, 1.165) is 23.4 Å².